The molecule has 4 nitrogen and oxygen atoms in total. The first-order valence-corrected chi connectivity index (χ1v) is 8.71. The Labute approximate surface area is 135 Å². The van der Waals surface area contributed by atoms with Gasteiger partial charge in [-0.05, 0) is 31.3 Å². The van der Waals surface area contributed by atoms with Gasteiger partial charge in [0.2, 0.25) is 0 Å². The van der Waals surface area contributed by atoms with E-state index in [0.717, 1.165) is 18.4 Å². The number of benzene rings is 1. The zero-order chi connectivity index (χ0) is 15.4. The Morgan fingerprint density at radius 1 is 1.14 bits per heavy atom. The summed E-state index contributed by atoms with van der Waals surface area (Å²) in [6.45, 7) is 2.04. The van der Waals surface area contributed by atoms with Crippen molar-refractivity contribution in [3.05, 3.63) is 34.7 Å². The van der Waals surface area contributed by atoms with E-state index >= 15 is 0 Å². The quantitative estimate of drug-likeness (QED) is 0.872. The van der Waals surface area contributed by atoms with E-state index in [2.05, 4.69) is 14.9 Å². The summed E-state index contributed by atoms with van der Waals surface area (Å²) in [5, 5.41) is 7.33. The molecule has 0 bridgehead atoms. The van der Waals surface area contributed by atoms with Gasteiger partial charge >= 0.3 is 0 Å². The molecule has 2 aromatic rings. The van der Waals surface area contributed by atoms with E-state index < -0.39 is 0 Å². The van der Waals surface area contributed by atoms with E-state index in [9.17, 15) is 4.79 Å². The van der Waals surface area contributed by atoms with Crippen molar-refractivity contribution in [2.24, 2.45) is 0 Å². The molecule has 1 aliphatic carbocycles. The third-order valence-electron chi connectivity index (χ3n) is 4.21. The smallest absolute Gasteiger partial charge is 0.265 e. The van der Waals surface area contributed by atoms with Crippen molar-refractivity contribution in [1.82, 2.24) is 14.9 Å². The highest BCUT2D eigenvalue weighted by Gasteiger charge is 2.21. The number of amides is 1. The monoisotopic (exact) mass is 315 g/mol. The number of carbonyl (C=O) groups excluding carboxylic acids is 1. The van der Waals surface area contributed by atoms with Gasteiger partial charge in [0, 0.05) is 11.6 Å². The van der Waals surface area contributed by atoms with Gasteiger partial charge in [0.1, 0.15) is 10.6 Å². The summed E-state index contributed by atoms with van der Waals surface area (Å²) >= 11 is 1.18. The molecule has 0 radical (unpaired) electrons. The van der Waals surface area contributed by atoms with Crippen molar-refractivity contribution in [1.29, 1.82) is 0 Å². The van der Waals surface area contributed by atoms with Gasteiger partial charge in [0.15, 0.2) is 0 Å². The van der Waals surface area contributed by atoms with Crippen LogP contribution in [0.15, 0.2) is 24.3 Å². The molecule has 116 valence electrons. The van der Waals surface area contributed by atoms with E-state index in [1.54, 1.807) is 0 Å². The number of hydrogen-bond acceptors (Lipinski definition) is 4. The fourth-order valence-electron chi connectivity index (χ4n) is 2.91. The molecular weight excluding hydrogens is 294 g/mol. The van der Waals surface area contributed by atoms with Crippen molar-refractivity contribution < 1.29 is 4.79 Å². The van der Waals surface area contributed by atoms with Crippen LogP contribution >= 0.6 is 11.5 Å². The number of rotatable bonds is 3. The van der Waals surface area contributed by atoms with Crippen LogP contribution in [0.4, 0.5) is 0 Å². The van der Waals surface area contributed by atoms with Crippen molar-refractivity contribution in [3.8, 4) is 11.3 Å². The Kier molecular flexibility index (Phi) is 4.83. The molecule has 1 aromatic carbocycles. The van der Waals surface area contributed by atoms with Crippen molar-refractivity contribution >= 4 is 17.4 Å². The standard InChI is InChI=1S/C17H21N3OS/c1-12-8-10-13(11-9-12)15-16(22-20-19-15)17(21)18-14-6-4-2-3-5-7-14/h8-11,14H,2-7H2,1H3,(H,18,21). The lowest BCUT2D eigenvalue weighted by Gasteiger charge is -2.15. The molecule has 0 spiro atoms. The molecular formula is C17H21N3OS. The van der Waals surface area contributed by atoms with Crippen LogP contribution in [0.5, 0.6) is 0 Å². The Balaban J connectivity index is 1.76. The minimum absolute atomic E-state index is 0.0301. The van der Waals surface area contributed by atoms with Gasteiger partial charge in [-0.1, -0.05) is 60.0 Å². The molecule has 0 atom stereocenters. The highest BCUT2D eigenvalue weighted by molar-refractivity contribution is 7.08. The summed E-state index contributed by atoms with van der Waals surface area (Å²) in [6, 6.07) is 8.34. The molecule has 1 amide bonds. The number of hydrogen-bond donors (Lipinski definition) is 1. The molecule has 0 saturated heterocycles. The predicted molar refractivity (Wildman–Crippen MR) is 89.0 cm³/mol. The van der Waals surface area contributed by atoms with Gasteiger partial charge in [0.05, 0.1) is 0 Å². The average Bonchev–Trinajstić information content (AvgIpc) is 2.87. The van der Waals surface area contributed by atoms with Gasteiger partial charge < -0.3 is 5.32 Å². The lowest BCUT2D eigenvalue weighted by Crippen LogP contribution is -2.34. The predicted octanol–water partition coefficient (Wildman–Crippen LogP) is 3.97. The summed E-state index contributed by atoms with van der Waals surface area (Å²) < 4.78 is 3.98. The van der Waals surface area contributed by atoms with E-state index in [4.69, 9.17) is 0 Å². The second-order valence-electron chi connectivity index (χ2n) is 5.98. The summed E-state index contributed by atoms with van der Waals surface area (Å²) in [5.41, 5.74) is 2.83. The first-order valence-electron chi connectivity index (χ1n) is 7.94. The first-order chi connectivity index (χ1) is 10.7. The molecule has 22 heavy (non-hydrogen) atoms. The van der Waals surface area contributed by atoms with E-state index in [0.29, 0.717) is 16.6 Å². The second-order valence-corrected chi connectivity index (χ2v) is 6.73. The van der Waals surface area contributed by atoms with E-state index in [1.807, 2.05) is 31.2 Å². The van der Waals surface area contributed by atoms with Crippen LogP contribution in [0.25, 0.3) is 11.3 Å². The fraction of sp³-hybridized carbons (Fsp3) is 0.471. The fourth-order valence-corrected chi connectivity index (χ4v) is 3.51. The number of carbonyl (C=O) groups is 1. The average molecular weight is 315 g/mol. The molecule has 1 aliphatic rings. The molecule has 1 N–H and O–H groups in total. The van der Waals surface area contributed by atoms with Gasteiger partial charge in [-0.2, -0.15) is 0 Å². The van der Waals surface area contributed by atoms with Gasteiger partial charge in [-0.3, -0.25) is 4.79 Å². The summed E-state index contributed by atoms with van der Waals surface area (Å²) in [5.74, 6) is -0.0301. The topological polar surface area (TPSA) is 54.9 Å². The third kappa shape index (κ3) is 3.53. The van der Waals surface area contributed by atoms with Crippen LogP contribution in [0.2, 0.25) is 0 Å². The maximum Gasteiger partial charge on any atom is 0.265 e. The third-order valence-corrected chi connectivity index (χ3v) is 4.93. The highest BCUT2D eigenvalue weighted by atomic mass is 32.1. The highest BCUT2D eigenvalue weighted by Crippen LogP contribution is 2.25. The molecule has 1 saturated carbocycles. The van der Waals surface area contributed by atoms with Crippen molar-refractivity contribution in [2.45, 2.75) is 51.5 Å². The van der Waals surface area contributed by atoms with Crippen molar-refractivity contribution in [2.75, 3.05) is 0 Å². The molecule has 3 rings (SSSR count). The second kappa shape index (κ2) is 7.01. The number of aromatic nitrogens is 2. The molecule has 1 aromatic heterocycles. The number of nitrogens with one attached hydrogen (secondary N) is 1. The van der Waals surface area contributed by atoms with Gasteiger partial charge in [0.25, 0.3) is 5.91 Å². The summed E-state index contributed by atoms with van der Waals surface area (Å²) in [7, 11) is 0. The van der Waals surface area contributed by atoms with E-state index in [1.165, 1.54) is 42.8 Å². The largest absolute Gasteiger partial charge is 0.348 e. The maximum absolute atomic E-state index is 12.6. The lowest BCUT2D eigenvalue weighted by molar-refractivity contribution is 0.0938. The molecule has 1 fully saturated rings. The maximum atomic E-state index is 12.6. The summed E-state index contributed by atoms with van der Waals surface area (Å²) in [6.07, 6.45) is 7.13. The molecule has 0 aliphatic heterocycles. The molecule has 5 heteroatoms. The van der Waals surface area contributed by atoms with Crippen LogP contribution in [-0.4, -0.2) is 21.5 Å². The first kappa shape index (κ1) is 15.2. The van der Waals surface area contributed by atoms with Gasteiger partial charge in [-0.25, -0.2) is 0 Å². The minimum atomic E-state index is -0.0301. The zero-order valence-electron chi connectivity index (χ0n) is 12.8. The van der Waals surface area contributed by atoms with Crippen molar-refractivity contribution in [3.63, 3.8) is 0 Å². The van der Waals surface area contributed by atoms with E-state index in [-0.39, 0.29) is 5.91 Å². The van der Waals surface area contributed by atoms with Crippen LogP contribution in [0, 0.1) is 6.92 Å². The molecule has 0 unspecified atom stereocenters. The normalized spacial score (nSPS) is 16.2. The van der Waals surface area contributed by atoms with Crippen LogP contribution in [0.1, 0.15) is 53.8 Å². The van der Waals surface area contributed by atoms with Crippen LogP contribution < -0.4 is 5.32 Å². The van der Waals surface area contributed by atoms with Crippen LogP contribution in [0.3, 0.4) is 0 Å². The Bertz CT molecular complexity index is 628. The molecule has 1 heterocycles. The number of aryl methyl sites for hydroxylation is 1. The number of nitrogens with zero attached hydrogens (tertiary/aromatic N) is 2. The summed E-state index contributed by atoms with van der Waals surface area (Å²) in [4.78, 5) is 13.2. The lowest BCUT2D eigenvalue weighted by atomic mass is 10.1. The van der Waals surface area contributed by atoms with Crippen LogP contribution in [-0.2, 0) is 0 Å². The zero-order valence-corrected chi connectivity index (χ0v) is 13.7. The van der Waals surface area contributed by atoms with Gasteiger partial charge in [-0.15, -0.1) is 5.10 Å². The SMILES string of the molecule is Cc1ccc(-c2nnsc2C(=O)NC2CCCCCC2)cc1. The Hall–Kier alpha value is -1.75. The minimum Gasteiger partial charge on any atom is -0.348 e. The Morgan fingerprint density at radius 2 is 1.82 bits per heavy atom. The Morgan fingerprint density at radius 3 is 2.50 bits per heavy atom.